The van der Waals surface area contributed by atoms with Crippen LogP contribution in [0.15, 0.2) is 42.6 Å². The summed E-state index contributed by atoms with van der Waals surface area (Å²) >= 11 is 0. The van der Waals surface area contributed by atoms with Crippen LogP contribution in [0.2, 0.25) is 0 Å². The maximum atomic E-state index is 12.4. The van der Waals surface area contributed by atoms with Gasteiger partial charge in [0.1, 0.15) is 5.82 Å². The van der Waals surface area contributed by atoms with Gasteiger partial charge in [-0.3, -0.25) is 4.90 Å². The maximum Gasteiger partial charge on any atom is 0.415 e. The second kappa shape index (κ2) is 11.9. The van der Waals surface area contributed by atoms with Gasteiger partial charge in [-0.2, -0.15) is 0 Å². The number of carbonyl (C=O) groups is 1. The number of methoxy groups -OCH3 is 1. The molecule has 9 heteroatoms. The zero-order chi connectivity index (χ0) is 21.5. The topological polar surface area (TPSA) is 67.4 Å². The minimum absolute atomic E-state index is 0. The summed E-state index contributed by atoms with van der Waals surface area (Å²) in [5.74, 6) is 2.08. The Balaban J connectivity index is 0.00000289. The van der Waals surface area contributed by atoms with Crippen LogP contribution in [0.1, 0.15) is 5.56 Å². The lowest BCUT2D eigenvalue weighted by atomic mass is 10.1. The van der Waals surface area contributed by atoms with E-state index >= 15 is 0 Å². The second-order valence-corrected chi connectivity index (χ2v) is 7.72. The van der Waals surface area contributed by atoms with Gasteiger partial charge in [-0.15, -0.1) is 12.4 Å². The Labute approximate surface area is 195 Å². The molecule has 2 fully saturated rings. The first-order valence-electron chi connectivity index (χ1n) is 10.8. The Morgan fingerprint density at radius 2 is 1.81 bits per heavy atom. The van der Waals surface area contributed by atoms with Crippen molar-refractivity contribution >= 4 is 24.3 Å². The first-order chi connectivity index (χ1) is 15.2. The van der Waals surface area contributed by atoms with Crippen LogP contribution >= 0.6 is 12.4 Å². The monoisotopic (exact) mass is 462 g/mol. The number of piperazine rings is 1. The molecule has 0 bridgehead atoms. The van der Waals surface area contributed by atoms with Crippen molar-refractivity contribution in [2.45, 2.75) is 6.42 Å². The molecule has 2 aromatic rings. The fourth-order valence-electron chi connectivity index (χ4n) is 3.88. The minimum atomic E-state index is -0.361. The number of pyridine rings is 1. The molecule has 2 saturated heterocycles. The summed E-state index contributed by atoms with van der Waals surface area (Å²) in [6, 6.07) is 11.8. The number of amides is 1. The summed E-state index contributed by atoms with van der Waals surface area (Å²) in [4.78, 5) is 23.3. The van der Waals surface area contributed by atoms with E-state index in [1.807, 2.05) is 36.5 Å². The van der Waals surface area contributed by atoms with Gasteiger partial charge in [0.25, 0.3) is 0 Å². The average Bonchev–Trinajstić information content (AvgIpc) is 2.84. The van der Waals surface area contributed by atoms with Gasteiger partial charge in [-0.1, -0.05) is 12.1 Å². The number of anilines is 1. The molecule has 1 aromatic carbocycles. The molecular formula is C23H31ClN4O4. The van der Waals surface area contributed by atoms with E-state index in [0.29, 0.717) is 37.8 Å². The third-order valence-corrected chi connectivity index (χ3v) is 5.76. The van der Waals surface area contributed by atoms with Gasteiger partial charge in [0.15, 0.2) is 11.5 Å². The van der Waals surface area contributed by atoms with E-state index in [1.54, 1.807) is 12.0 Å². The molecule has 0 atom stereocenters. The van der Waals surface area contributed by atoms with Crippen LogP contribution in [-0.2, 0) is 11.2 Å². The largest absolute Gasteiger partial charge is 0.493 e. The van der Waals surface area contributed by atoms with Crippen LogP contribution < -0.4 is 14.4 Å². The predicted octanol–water partition coefficient (Wildman–Crippen LogP) is 2.71. The lowest BCUT2D eigenvalue weighted by Gasteiger charge is -2.35. The molecule has 1 aromatic heterocycles. The van der Waals surface area contributed by atoms with Gasteiger partial charge >= 0.3 is 6.09 Å². The molecule has 8 nitrogen and oxygen atoms in total. The highest BCUT2D eigenvalue weighted by Crippen LogP contribution is 2.29. The van der Waals surface area contributed by atoms with E-state index < -0.39 is 0 Å². The van der Waals surface area contributed by atoms with Gasteiger partial charge < -0.3 is 24.0 Å². The van der Waals surface area contributed by atoms with Crippen molar-refractivity contribution in [3.05, 3.63) is 48.2 Å². The smallest absolute Gasteiger partial charge is 0.415 e. The van der Waals surface area contributed by atoms with Crippen molar-refractivity contribution in [1.29, 1.82) is 0 Å². The van der Waals surface area contributed by atoms with E-state index in [2.05, 4.69) is 20.9 Å². The molecule has 0 aliphatic carbocycles. The van der Waals surface area contributed by atoms with Crippen molar-refractivity contribution < 1.29 is 19.0 Å². The van der Waals surface area contributed by atoms with Gasteiger partial charge in [0, 0.05) is 52.0 Å². The number of rotatable bonds is 6. The highest BCUT2D eigenvalue weighted by molar-refractivity contribution is 5.85. The number of ether oxygens (including phenoxy) is 3. The number of carbonyl (C=O) groups excluding carboxylic acids is 1. The fraction of sp³-hybridized carbons (Fsp3) is 0.478. The van der Waals surface area contributed by atoms with E-state index in [0.717, 1.165) is 50.5 Å². The molecular weight excluding hydrogens is 432 g/mol. The zero-order valence-corrected chi connectivity index (χ0v) is 19.3. The van der Waals surface area contributed by atoms with Crippen molar-refractivity contribution in [3.8, 4) is 11.5 Å². The first kappa shape index (κ1) is 24.1. The molecule has 2 aliphatic rings. The highest BCUT2D eigenvalue weighted by Gasteiger charge is 2.21. The number of halogens is 1. The zero-order valence-electron chi connectivity index (χ0n) is 18.4. The van der Waals surface area contributed by atoms with Gasteiger partial charge in [-0.25, -0.2) is 9.78 Å². The first-order valence-corrected chi connectivity index (χ1v) is 10.8. The number of benzene rings is 1. The number of aromatic nitrogens is 1. The quantitative estimate of drug-likeness (QED) is 0.653. The number of hydrogen-bond donors (Lipinski definition) is 0. The Morgan fingerprint density at radius 1 is 1.03 bits per heavy atom. The fourth-order valence-corrected chi connectivity index (χ4v) is 3.88. The van der Waals surface area contributed by atoms with Crippen LogP contribution in [0.25, 0.3) is 0 Å². The second-order valence-electron chi connectivity index (χ2n) is 7.72. The highest BCUT2D eigenvalue weighted by atomic mass is 35.5. The molecule has 4 rings (SSSR count). The molecule has 0 spiro atoms. The van der Waals surface area contributed by atoms with Gasteiger partial charge in [-0.05, 0) is 36.2 Å². The Hall–Kier alpha value is -2.55. The van der Waals surface area contributed by atoms with E-state index in [9.17, 15) is 4.79 Å². The summed E-state index contributed by atoms with van der Waals surface area (Å²) in [5, 5.41) is 0. The average molecular weight is 463 g/mol. The number of morpholine rings is 1. The molecule has 3 heterocycles. The summed E-state index contributed by atoms with van der Waals surface area (Å²) in [6.07, 6.45) is 2.40. The third kappa shape index (κ3) is 6.25. The summed E-state index contributed by atoms with van der Waals surface area (Å²) in [7, 11) is 1.60. The van der Waals surface area contributed by atoms with E-state index in [4.69, 9.17) is 14.2 Å². The molecule has 174 valence electrons. The van der Waals surface area contributed by atoms with E-state index in [1.165, 1.54) is 0 Å². The van der Waals surface area contributed by atoms with Crippen molar-refractivity contribution in [2.75, 3.05) is 71.0 Å². The van der Waals surface area contributed by atoms with Crippen LogP contribution in [0.5, 0.6) is 11.5 Å². The predicted molar refractivity (Wildman–Crippen MR) is 125 cm³/mol. The summed E-state index contributed by atoms with van der Waals surface area (Å²) in [5.41, 5.74) is 1.16. The summed E-state index contributed by atoms with van der Waals surface area (Å²) < 4.78 is 16.3. The Bertz CT molecular complexity index is 856. The molecule has 32 heavy (non-hydrogen) atoms. The summed E-state index contributed by atoms with van der Waals surface area (Å²) in [6.45, 7) is 7.16. The Kier molecular flexibility index (Phi) is 8.96. The molecule has 2 aliphatic heterocycles. The minimum Gasteiger partial charge on any atom is -0.493 e. The molecule has 0 radical (unpaired) electrons. The van der Waals surface area contributed by atoms with Crippen molar-refractivity contribution in [3.63, 3.8) is 0 Å². The van der Waals surface area contributed by atoms with Gasteiger partial charge in [0.2, 0.25) is 0 Å². The van der Waals surface area contributed by atoms with Crippen molar-refractivity contribution in [1.82, 2.24) is 14.8 Å². The van der Waals surface area contributed by atoms with Crippen LogP contribution in [0, 0.1) is 0 Å². The van der Waals surface area contributed by atoms with Crippen molar-refractivity contribution in [2.24, 2.45) is 0 Å². The lowest BCUT2D eigenvalue weighted by Crippen LogP contribution is -2.47. The van der Waals surface area contributed by atoms with Crippen LogP contribution in [0.4, 0.5) is 10.6 Å². The molecule has 0 N–H and O–H groups in total. The van der Waals surface area contributed by atoms with Gasteiger partial charge in [0.05, 0.1) is 20.3 Å². The van der Waals surface area contributed by atoms with E-state index in [-0.39, 0.29) is 18.5 Å². The Morgan fingerprint density at radius 3 is 2.50 bits per heavy atom. The van der Waals surface area contributed by atoms with Crippen LogP contribution in [-0.4, -0.2) is 87.0 Å². The lowest BCUT2D eigenvalue weighted by molar-refractivity contribution is 0.0413. The standard InChI is InChI=1S/C23H30N4O4.ClH/c1-29-21-18-19(5-6-20(21)31-23(28)27-14-16-30-17-15-27)7-9-25-10-12-26(13-11-25)22-4-2-3-8-24-22;/h2-6,8,18H,7,9-17H2,1H3;1H. The van der Waals surface area contributed by atoms with Crippen LogP contribution in [0.3, 0.4) is 0 Å². The maximum absolute atomic E-state index is 12.4. The molecule has 0 unspecified atom stereocenters. The third-order valence-electron chi connectivity index (χ3n) is 5.76. The molecule has 1 amide bonds. The number of hydrogen-bond acceptors (Lipinski definition) is 7. The number of nitrogens with zero attached hydrogens (tertiary/aromatic N) is 4. The molecule has 0 saturated carbocycles. The normalized spacial score (nSPS) is 16.9. The SMILES string of the molecule is COc1cc(CCN2CCN(c3ccccn3)CC2)ccc1OC(=O)N1CCOCC1.Cl.